The van der Waals surface area contributed by atoms with E-state index < -0.39 is 0 Å². The van der Waals surface area contributed by atoms with Crippen molar-refractivity contribution < 1.29 is 14.3 Å². The molecule has 0 aliphatic rings. The quantitative estimate of drug-likeness (QED) is 0.695. The summed E-state index contributed by atoms with van der Waals surface area (Å²) in [4.78, 5) is 17.2. The van der Waals surface area contributed by atoms with Crippen molar-refractivity contribution >= 4 is 16.8 Å². The molecule has 2 aromatic carbocycles. The number of para-hydroxylation sites is 2. The van der Waals surface area contributed by atoms with Crippen LogP contribution in [0.1, 0.15) is 16.2 Å². The molecule has 1 heterocycles. The number of benzene rings is 2. The summed E-state index contributed by atoms with van der Waals surface area (Å²) >= 11 is 0. The number of imidazole rings is 1. The van der Waals surface area contributed by atoms with Gasteiger partial charge in [0.25, 0.3) is 0 Å². The Labute approximate surface area is 128 Å². The number of aromatic nitrogens is 2. The monoisotopic (exact) mass is 296 g/mol. The fourth-order valence-electron chi connectivity index (χ4n) is 2.46. The lowest BCUT2D eigenvalue weighted by atomic mass is 10.1. The maximum Gasteiger partial charge on any atom is 0.228 e. The predicted octanol–water partition coefficient (Wildman–Crippen LogP) is 2.82. The Hall–Kier alpha value is -2.82. The van der Waals surface area contributed by atoms with E-state index in [0.717, 1.165) is 11.0 Å². The van der Waals surface area contributed by atoms with E-state index >= 15 is 0 Å². The van der Waals surface area contributed by atoms with E-state index in [-0.39, 0.29) is 5.78 Å². The largest absolute Gasteiger partial charge is 0.493 e. The first-order valence-corrected chi connectivity index (χ1v) is 6.84. The summed E-state index contributed by atoms with van der Waals surface area (Å²) < 4.78 is 12.2. The van der Waals surface area contributed by atoms with Crippen LogP contribution in [0.5, 0.6) is 11.5 Å². The van der Waals surface area contributed by atoms with Crippen molar-refractivity contribution in [1.29, 1.82) is 0 Å². The van der Waals surface area contributed by atoms with E-state index in [9.17, 15) is 4.79 Å². The Kier molecular flexibility index (Phi) is 3.55. The molecular formula is C17H16N2O3. The van der Waals surface area contributed by atoms with E-state index in [1.807, 2.05) is 31.3 Å². The molecule has 0 radical (unpaired) electrons. The Bertz CT molecular complexity index is 852. The van der Waals surface area contributed by atoms with Crippen LogP contribution in [0.15, 0.2) is 42.5 Å². The van der Waals surface area contributed by atoms with E-state index in [1.54, 1.807) is 37.0 Å². The van der Waals surface area contributed by atoms with Gasteiger partial charge in [0, 0.05) is 12.6 Å². The zero-order valence-corrected chi connectivity index (χ0v) is 12.7. The molecule has 0 atom stereocenters. The summed E-state index contributed by atoms with van der Waals surface area (Å²) in [5.74, 6) is 1.35. The first-order valence-electron chi connectivity index (χ1n) is 6.84. The second-order valence-corrected chi connectivity index (χ2v) is 4.88. The van der Waals surface area contributed by atoms with Crippen molar-refractivity contribution in [3.63, 3.8) is 0 Å². The number of carbonyl (C=O) groups is 1. The average Bonchev–Trinajstić information content (AvgIpc) is 2.91. The van der Waals surface area contributed by atoms with Gasteiger partial charge in [0.1, 0.15) is 0 Å². The molecule has 0 amide bonds. The van der Waals surface area contributed by atoms with Crippen LogP contribution in [0, 0.1) is 0 Å². The highest BCUT2D eigenvalue weighted by Gasteiger charge is 2.18. The van der Waals surface area contributed by atoms with Crippen molar-refractivity contribution in [2.75, 3.05) is 14.2 Å². The number of aryl methyl sites for hydroxylation is 1. The van der Waals surface area contributed by atoms with Crippen LogP contribution < -0.4 is 9.47 Å². The van der Waals surface area contributed by atoms with Gasteiger partial charge in [0.05, 0.1) is 25.3 Å². The molecular weight excluding hydrogens is 280 g/mol. The number of hydrogen-bond acceptors (Lipinski definition) is 4. The van der Waals surface area contributed by atoms with Crippen molar-refractivity contribution in [3.8, 4) is 11.5 Å². The molecule has 3 rings (SSSR count). The molecule has 0 saturated heterocycles. The van der Waals surface area contributed by atoms with Crippen molar-refractivity contribution in [1.82, 2.24) is 9.55 Å². The first-order chi connectivity index (χ1) is 10.7. The number of hydrogen-bond donors (Lipinski definition) is 0. The van der Waals surface area contributed by atoms with Crippen LogP contribution >= 0.6 is 0 Å². The number of nitrogens with zero attached hydrogens (tertiary/aromatic N) is 2. The van der Waals surface area contributed by atoms with E-state index in [2.05, 4.69) is 4.98 Å². The van der Waals surface area contributed by atoms with Gasteiger partial charge >= 0.3 is 0 Å². The average molecular weight is 296 g/mol. The van der Waals surface area contributed by atoms with Crippen LogP contribution in [-0.4, -0.2) is 29.6 Å². The van der Waals surface area contributed by atoms with E-state index in [1.165, 1.54) is 0 Å². The number of ketones is 1. The van der Waals surface area contributed by atoms with Gasteiger partial charge in [-0.15, -0.1) is 0 Å². The summed E-state index contributed by atoms with van der Waals surface area (Å²) in [5, 5.41) is 0. The smallest absolute Gasteiger partial charge is 0.228 e. The van der Waals surface area contributed by atoms with Gasteiger partial charge in [-0.2, -0.15) is 0 Å². The number of ether oxygens (including phenoxy) is 2. The van der Waals surface area contributed by atoms with E-state index in [4.69, 9.17) is 9.47 Å². The topological polar surface area (TPSA) is 53.3 Å². The lowest BCUT2D eigenvalue weighted by Crippen LogP contribution is -2.09. The fraction of sp³-hybridized carbons (Fsp3) is 0.176. The summed E-state index contributed by atoms with van der Waals surface area (Å²) in [6, 6.07) is 12.8. The second-order valence-electron chi connectivity index (χ2n) is 4.88. The van der Waals surface area contributed by atoms with Crippen LogP contribution in [-0.2, 0) is 7.05 Å². The normalized spacial score (nSPS) is 10.7. The first kappa shape index (κ1) is 14.1. The fourth-order valence-corrected chi connectivity index (χ4v) is 2.46. The molecule has 0 fully saturated rings. The maximum atomic E-state index is 12.7. The SMILES string of the molecule is COc1ccc(C(=O)c2nc3ccccc3n2C)cc1OC. The lowest BCUT2D eigenvalue weighted by molar-refractivity contribution is 0.102. The van der Waals surface area contributed by atoms with Gasteiger partial charge in [-0.1, -0.05) is 12.1 Å². The van der Waals surface area contributed by atoms with Crippen LogP contribution in [0.3, 0.4) is 0 Å². The number of fused-ring (bicyclic) bond motifs is 1. The van der Waals surface area contributed by atoms with Crippen LogP contribution in [0.2, 0.25) is 0 Å². The number of rotatable bonds is 4. The molecule has 0 N–H and O–H groups in total. The highest BCUT2D eigenvalue weighted by Crippen LogP contribution is 2.28. The molecule has 0 aliphatic heterocycles. The third kappa shape index (κ3) is 2.20. The number of carbonyl (C=O) groups excluding carboxylic acids is 1. The molecule has 0 unspecified atom stereocenters. The summed E-state index contributed by atoms with van der Waals surface area (Å²) in [5.41, 5.74) is 2.23. The molecule has 0 saturated carbocycles. The molecule has 5 nitrogen and oxygen atoms in total. The Balaban J connectivity index is 2.08. The number of methoxy groups -OCH3 is 2. The molecule has 0 aliphatic carbocycles. The van der Waals surface area contributed by atoms with E-state index in [0.29, 0.717) is 22.9 Å². The minimum absolute atomic E-state index is 0.153. The van der Waals surface area contributed by atoms with Gasteiger partial charge < -0.3 is 14.0 Å². The third-order valence-electron chi connectivity index (χ3n) is 3.64. The van der Waals surface area contributed by atoms with Crippen LogP contribution in [0.4, 0.5) is 0 Å². The van der Waals surface area contributed by atoms with Gasteiger partial charge in [-0.05, 0) is 30.3 Å². The minimum atomic E-state index is -0.153. The van der Waals surface area contributed by atoms with Crippen molar-refractivity contribution in [2.24, 2.45) is 7.05 Å². The Morgan fingerprint density at radius 1 is 1.05 bits per heavy atom. The van der Waals surface area contributed by atoms with Crippen LogP contribution in [0.25, 0.3) is 11.0 Å². The summed E-state index contributed by atoms with van der Waals surface area (Å²) in [6.07, 6.45) is 0. The third-order valence-corrected chi connectivity index (χ3v) is 3.64. The molecule has 0 bridgehead atoms. The van der Waals surface area contributed by atoms with Crippen molar-refractivity contribution in [2.45, 2.75) is 0 Å². The zero-order valence-electron chi connectivity index (χ0n) is 12.7. The minimum Gasteiger partial charge on any atom is -0.493 e. The molecule has 0 spiro atoms. The standard InChI is InChI=1S/C17H16N2O3/c1-19-13-7-5-4-6-12(13)18-17(19)16(20)11-8-9-14(21-2)15(10-11)22-3/h4-10H,1-3H3. The Morgan fingerprint density at radius 2 is 1.77 bits per heavy atom. The maximum absolute atomic E-state index is 12.7. The van der Waals surface area contributed by atoms with Gasteiger partial charge in [-0.3, -0.25) is 4.79 Å². The summed E-state index contributed by atoms with van der Waals surface area (Å²) in [7, 11) is 4.94. The molecule has 112 valence electrons. The zero-order chi connectivity index (χ0) is 15.7. The lowest BCUT2D eigenvalue weighted by Gasteiger charge is -2.09. The molecule has 5 heteroatoms. The predicted molar refractivity (Wildman–Crippen MR) is 83.7 cm³/mol. The Morgan fingerprint density at radius 3 is 2.45 bits per heavy atom. The molecule has 3 aromatic rings. The molecule has 1 aromatic heterocycles. The van der Waals surface area contributed by atoms with Gasteiger partial charge in [-0.25, -0.2) is 4.98 Å². The highest BCUT2D eigenvalue weighted by atomic mass is 16.5. The van der Waals surface area contributed by atoms with Gasteiger partial charge in [0.2, 0.25) is 5.78 Å². The summed E-state index contributed by atoms with van der Waals surface area (Å²) in [6.45, 7) is 0. The molecule has 22 heavy (non-hydrogen) atoms. The second kappa shape index (κ2) is 5.52. The van der Waals surface area contributed by atoms with Crippen molar-refractivity contribution in [3.05, 3.63) is 53.9 Å². The highest BCUT2D eigenvalue weighted by molar-refractivity contribution is 6.08. The van der Waals surface area contributed by atoms with Gasteiger partial charge in [0.15, 0.2) is 17.3 Å².